The maximum absolute atomic E-state index is 12.0. The maximum atomic E-state index is 12.0. The van der Waals surface area contributed by atoms with Crippen LogP contribution in [0.2, 0.25) is 0 Å². The van der Waals surface area contributed by atoms with Gasteiger partial charge in [0.15, 0.2) is 9.84 Å². The molecule has 1 amide bonds. The highest BCUT2D eigenvalue weighted by Crippen LogP contribution is 2.31. The fraction of sp³-hybridized carbons (Fsp3) is 0.667. The van der Waals surface area contributed by atoms with Gasteiger partial charge in [-0.2, -0.15) is 0 Å². The second-order valence-electron chi connectivity index (χ2n) is 7.09. The molecule has 0 aromatic heterocycles. The molecule has 7 nitrogen and oxygen atoms in total. The van der Waals surface area contributed by atoms with Gasteiger partial charge >= 0.3 is 0 Å². The molecule has 23 heavy (non-hydrogen) atoms. The van der Waals surface area contributed by atoms with E-state index in [0.717, 1.165) is 11.8 Å². The van der Waals surface area contributed by atoms with Crippen molar-refractivity contribution in [3.05, 3.63) is 23.6 Å². The number of hydrogen-bond donors (Lipinski definition) is 1. The van der Waals surface area contributed by atoms with E-state index in [1.54, 1.807) is 6.26 Å². The summed E-state index contributed by atoms with van der Waals surface area (Å²) < 4.78 is 27.1. The Morgan fingerprint density at radius 2 is 1.83 bits per heavy atom. The van der Waals surface area contributed by atoms with Crippen LogP contribution in [-0.2, 0) is 19.4 Å². The second kappa shape index (κ2) is 6.43. The molecule has 0 radical (unpaired) electrons. The fourth-order valence-electron chi connectivity index (χ4n) is 1.49. The average Bonchev–Trinajstić information content (AvgIpc) is 2.37. The molecule has 1 heterocycles. The smallest absolute Gasteiger partial charge is 0.262 e. The van der Waals surface area contributed by atoms with E-state index in [0.29, 0.717) is 5.70 Å². The molecular weight excluding hydrogens is 318 g/mol. The molecular formula is C15H25N3O4S. The Kier molecular flexibility index (Phi) is 5.41. The van der Waals surface area contributed by atoms with Crippen molar-refractivity contribution >= 4 is 15.7 Å². The number of nitrogens with one attached hydrogen (secondary N) is 1. The number of hydrogen-bond acceptors (Lipinski definition) is 6. The van der Waals surface area contributed by atoms with Crippen molar-refractivity contribution in [1.29, 1.82) is 0 Å². The van der Waals surface area contributed by atoms with E-state index in [4.69, 9.17) is 4.74 Å². The monoisotopic (exact) mass is 343 g/mol. The van der Waals surface area contributed by atoms with Crippen LogP contribution in [0.3, 0.4) is 0 Å². The molecule has 0 bridgehead atoms. The Hall–Kier alpha value is -1.70. The third-order valence-corrected chi connectivity index (χ3v) is 5.82. The van der Waals surface area contributed by atoms with Gasteiger partial charge in [-0.1, -0.05) is 26.0 Å². The van der Waals surface area contributed by atoms with Crippen molar-refractivity contribution in [3.8, 4) is 0 Å². The summed E-state index contributed by atoms with van der Waals surface area (Å²) in [5.74, 6) is -0.736. The minimum atomic E-state index is -3.56. The zero-order valence-corrected chi connectivity index (χ0v) is 15.5. The van der Waals surface area contributed by atoms with Crippen LogP contribution in [0.5, 0.6) is 0 Å². The predicted octanol–water partition coefficient (Wildman–Crippen LogP) is 2.53. The number of allylic oxidation sites excluding steroid dienone is 2. The first-order valence-corrected chi connectivity index (χ1v) is 9.14. The van der Waals surface area contributed by atoms with Gasteiger partial charge in [0.2, 0.25) is 0 Å². The molecule has 0 saturated carbocycles. The average molecular weight is 343 g/mol. The molecule has 0 spiro atoms. The van der Waals surface area contributed by atoms with Gasteiger partial charge < -0.3 is 4.74 Å². The third kappa shape index (κ3) is 4.63. The lowest BCUT2D eigenvalue weighted by Gasteiger charge is -2.26. The fourth-order valence-corrected chi connectivity index (χ4v) is 1.87. The summed E-state index contributed by atoms with van der Waals surface area (Å²) in [6, 6.07) is 0. The summed E-state index contributed by atoms with van der Waals surface area (Å²) in [6.45, 7) is 10.6. The van der Waals surface area contributed by atoms with Crippen molar-refractivity contribution in [3.63, 3.8) is 0 Å². The SMILES string of the molecule is CC1OC=C(C(C)(C)C)C=C1N=NNC(=O)C(C)(C)S(C)(=O)=O. The topological polar surface area (TPSA) is 97.2 Å². The molecule has 1 unspecified atom stereocenters. The minimum absolute atomic E-state index is 0.109. The van der Waals surface area contributed by atoms with E-state index < -0.39 is 20.5 Å². The number of carbonyl (C=O) groups excluding carboxylic acids is 1. The van der Waals surface area contributed by atoms with E-state index in [-0.39, 0.29) is 11.5 Å². The Morgan fingerprint density at radius 3 is 2.30 bits per heavy atom. The molecule has 130 valence electrons. The number of nitrogens with zero attached hydrogens (tertiary/aromatic N) is 2. The summed E-state index contributed by atoms with van der Waals surface area (Å²) in [5, 5.41) is 7.58. The van der Waals surface area contributed by atoms with E-state index in [2.05, 4.69) is 15.8 Å². The van der Waals surface area contributed by atoms with Gasteiger partial charge in [-0.3, -0.25) is 4.79 Å². The van der Waals surface area contributed by atoms with Crippen molar-refractivity contribution in [2.45, 2.75) is 52.4 Å². The van der Waals surface area contributed by atoms with Gasteiger partial charge in [0.05, 0.1) is 6.26 Å². The summed E-state index contributed by atoms with van der Waals surface area (Å²) in [4.78, 5) is 12.0. The normalized spacial score (nSPS) is 19.9. The van der Waals surface area contributed by atoms with Crippen LogP contribution in [0.4, 0.5) is 0 Å². The molecule has 0 aliphatic carbocycles. The quantitative estimate of drug-likeness (QED) is 0.626. The summed E-state index contributed by atoms with van der Waals surface area (Å²) in [7, 11) is -3.56. The largest absolute Gasteiger partial charge is 0.492 e. The van der Waals surface area contributed by atoms with Gasteiger partial charge in [0.25, 0.3) is 5.91 Å². The van der Waals surface area contributed by atoms with Crippen LogP contribution >= 0.6 is 0 Å². The van der Waals surface area contributed by atoms with Gasteiger partial charge in [0.1, 0.15) is 16.5 Å². The number of amides is 1. The zero-order valence-electron chi connectivity index (χ0n) is 14.7. The Labute approximate surface area is 137 Å². The van der Waals surface area contributed by atoms with Crippen molar-refractivity contribution in [2.75, 3.05) is 6.26 Å². The van der Waals surface area contributed by atoms with Crippen LogP contribution in [0, 0.1) is 5.41 Å². The van der Waals surface area contributed by atoms with Gasteiger partial charge in [0, 0.05) is 6.26 Å². The van der Waals surface area contributed by atoms with Crippen molar-refractivity contribution in [2.24, 2.45) is 15.8 Å². The molecule has 1 rings (SSSR count). The van der Waals surface area contributed by atoms with E-state index in [1.807, 2.05) is 33.8 Å². The van der Waals surface area contributed by atoms with E-state index >= 15 is 0 Å². The van der Waals surface area contributed by atoms with Crippen LogP contribution in [0.25, 0.3) is 0 Å². The highest BCUT2D eigenvalue weighted by atomic mass is 32.2. The highest BCUT2D eigenvalue weighted by Gasteiger charge is 2.38. The van der Waals surface area contributed by atoms with Crippen molar-refractivity contribution < 1.29 is 17.9 Å². The number of carbonyl (C=O) groups is 1. The minimum Gasteiger partial charge on any atom is -0.492 e. The predicted molar refractivity (Wildman–Crippen MR) is 88.1 cm³/mol. The molecule has 1 N–H and O–H groups in total. The number of ether oxygens (including phenoxy) is 1. The van der Waals surface area contributed by atoms with Crippen LogP contribution in [0.1, 0.15) is 41.5 Å². The maximum Gasteiger partial charge on any atom is 0.262 e. The molecule has 1 aliphatic heterocycles. The van der Waals surface area contributed by atoms with Gasteiger partial charge in [-0.25, -0.2) is 13.8 Å². The zero-order chi connectivity index (χ0) is 18.1. The van der Waals surface area contributed by atoms with E-state index in [9.17, 15) is 13.2 Å². The molecule has 0 aromatic carbocycles. The Balaban J connectivity index is 2.87. The molecule has 1 aliphatic rings. The van der Waals surface area contributed by atoms with Crippen molar-refractivity contribution in [1.82, 2.24) is 5.43 Å². The summed E-state index contributed by atoms with van der Waals surface area (Å²) >= 11 is 0. The Bertz CT molecular complexity index is 667. The first kappa shape index (κ1) is 19.3. The van der Waals surface area contributed by atoms with E-state index in [1.165, 1.54) is 13.8 Å². The van der Waals surface area contributed by atoms with Crippen LogP contribution < -0.4 is 5.43 Å². The number of rotatable bonds is 4. The van der Waals surface area contributed by atoms with Gasteiger partial charge in [-0.15, -0.1) is 5.11 Å². The lowest BCUT2D eigenvalue weighted by Crippen LogP contribution is -2.45. The number of sulfone groups is 1. The lowest BCUT2D eigenvalue weighted by molar-refractivity contribution is -0.123. The summed E-state index contributed by atoms with van der Waals surface area (Å²) in [6.07, 6.45) is 4.24. The van der Waals surface area contributed by atoms with Gasteiger partial charge in [-0.05, 0) is 37.8 Å². The summed E-state index contributed by atoms with van der Waals surface area (Å²) in [5.41, 5.74) is 3.57. The molecule has 0 aromatic rings. The Morgan fingerprint density at radius 1 is 1.26 bits per heavy atom. The molecule has 1 atom stereocenters. The highest BCUT2D eigenvalue weighted by molar-refractivity contribution is 7.92. The first-order valence-electron chi connectivity index (χ1n) is 7.25. The lowest BCUT2D eigenvalue weighted by atomic mass is 9.86. The third-order valence-electron chi connectivity index (χ3n) is 3.78. The van der Waals surface area contributed by atoms with Crippen LogP contribution in [-0.4, -0.2) is 31.4 Å². The molecule has 0 fully saturated rings. The second-order valence-corrected chi connectivity index (χ2v) is 9.66. The standard InChI is InChI=1S/C15H25N3O4S/c1-10-12(8-11(9-22-10)14(2,3)4)16-18-17-13(19)15(5,6)23(7,20)21/h8-10H,1-7H3,(H,16,17,19). The van der Waals surface area contributed by atoms with Crippen LogP contribution in [0.15, 0.2) is 33.9 Å². The first-order chi connectivity index (χ1) is 10.3. The molecule has 0 saturated heterocycles. The molecule has 8 heteroatoms.